The summed E-state index contributed by atoms with van der Waals surface area (Å²) in [5.41, 5.74) is 8.40. The third-order valence-corrected chi connectivity index (χ3v) is 7.26. The molecule has 4 aromatic carbocycles. The highest BCUT2D eigenvalue weighted by atomic mass is 16.5. The summed E-state index contributed by atoms with van der Waals surface area (Å²) < 4.78 is 6.12. The smallest absolute Gasteiger partial charge is 0.127 e. The molecule has 4 aromatic rings. The SMILES string of the molecule is CCCc1cccc(Oc2ccc(CC(C)c3cccc(CC(C)c4cccc(CCC)c4)c3)cc2)c1. The van der Waals surface area contributed by atoms with Gasteiger partial charge in [0.25, 0.3) is 0 Å². The molecular weight excluding hydrogens is 448 g/mol. The first-order valence-electron chi connectivity index (χ1n) is 14.1. The lowest BCUT2D eigenvalue weighted by molar-refractivity contribution is 0.481. The number of aryl methyl sites for hydroxylation is 2. The average molecular weight is 491 g/mol. The van der Waals surface area contributed by atoms with Crippen molar-refractivity contribution < 1.29 is 4.74 Å². The highest BCUT2D eigenvalue weighted by molar-refractivity contribution is 5.36. The molecule has 0 bridgehead atoms. The lowest BCUT2D eigenvalue weighted by atomic mass is 9.88. The van der Waals surface area contributed by atoms with Crippen LogP contribution in [0.5, 0.6) is 11.5 Å². The second kappa shape index (κ2) is 13.3. The Morgan fingerprint density at radius 2 is 1.03 bits per heavy atom. The Morgan fingerprint density at radius 3 is 1.65 bits per heavy atom. The fraction of sp³-hybridized carbons (Fsp3) is 0.333. The molecule has 192 valence electrons. The van der Waals surface area contributed by atoms with E-state index >= 15 is 0 Å². The third kappa shape index (κ3) is 7.83. The van der Waals surface area contributed by atoms with E-state index in [4.69, 9.17) is 4.74 Å². The molecule has 0 spiro atoms. The first kappa shape index (κ1) is 26.7. The summed E-state index contributed by atoms with van der Waals surface area (Å²) in [5.74, 6) is 2.78. The summed E-state index contributed by atoms with van der Waals surface area (Å²) in [6.07, 6.45) is 6.67. The minimum absolute atomic E-state index is 0.459. The van der Waals surface area contributed by atoms with Gasteiger partial charge in [0.1, 0.15) is 11.5 Å². The molecule has 0 radical (unpaired) electrons. The quantitative estimate of drug-likeness (QED) is 0.192. The van der Waals surface area contributed by atoms with Crippen LogP contribution in [0.2, 0.25) is 0 Å². The molecule has 0 saturated heterocycles. The molecule has 1 nitrogen and oxygen atoms in total. The monoisotopic (exact) mass is 490 g/mol. The van der Waals surface area contributed by atoms with Gasteiger partial charge in [-0.1, -0.05) is 113 Å². The maximum Gasteiger partial charge on any atom is 0.127 e. The summed E-state index contributed by atoms with van der Waals surface area (Å²) in [5, 5.41) is 0. The van der Waals surface area contributed by atoms with E-state index in [1.165, 1.54) is 39.8 Å². The van der Waals surface area contributed by atoms with Crippen molar-refractivity contribution in [2.75, 3.05) is 0 Å². The number of hydrogen-bond acceptors (Lipinski definition) is 1. The first-order chi connectivity index (χ1) is 18.0. The highest BCUT2D eigenvalue weighted by Gasteiger charge is 2.11. The van der Waals surface area contributed by atoms with Gasteiger partial charge in [-0.05, 0) is 95.2 Å². The molecule has 0 fully saturated rings. The van der Waals surface area contributed by atoms with Crippen LogP contribution in [0.25, 0.3) is 0 Å². The number of ether oxygens (including phenoxy) is 1. The van der Waals surface area contributed by atoms with E-state index in [0.29, 0.717) is 11.8 Å². The van der Waals surface area contributed by atoms with E-state index in [0.717, 1.165) is 43.6 Å². The van der Waals surface area contributed by atoms with Gasteiger partial charge < -0.3 is 4.74 Å². The van der Waals surface area contributed by atoms with E-state index in [1.807, 2.05) is 6.07 Å². The zero-order valence-electron chi connectivity index (χ0n) is 23.0. The van der Waals surface area contributed by atoms with E-state index in [-0.39, 0.29) is 0 Å². The molecule has 1 heteroatoms. The molecule has 0 N–H and O–H groups in total. The minimum atomic E-state index is 0.459. The highest BCUT2D eigenvalue weighted by Crippen LogP contribution is 2.28. The van der Waals surface area contributed by atoms with E-state index in [1.54, 1.807) is 0 Å². The van der Waals surface area contributed by atoms with Gasteiger partial charge in [-0.25, -0.2) is 0 Å². The van der Waals surface area contributed by atoms with Gasteiger partial charge in [-0.2, -0.15) is 0 Å². The van der Waals surface area contributed by atoms with Crippen molar-refractivity contribution in [3.63, 3.8) is 0 Å². The van der Waals surface area contributed by atoms with Crippen molar-refractivity contribution in [1.82, 2.24) is 0 Å². The first-order valence-corrected chi connectivity index (χ1v) is 14.1. The number of benzene rings is 4. The molecule has 0 aliphatic carbocycles. The van der Waals surface area contributed by atoms with E-state index < -0.39 is 0 Å². The van der Waals surface area contributed by atoms with Crippen LogP contribution < -0.4 is 4.74 Å². The Balaban J connectivity index is 1.36. The molecule has 37 heavy (non-hydrogen) atoms. The summed E-state index contributed by atoms with van der Waals surface area (Å²) in [7, 11) is 0. The molecule has 0 saturated carbocycles. The molecule has 0 heterocycles. The van der Waals surface area contributed by atoms with Crippen LogP contribution in [-0.4, -0.2) is 0 Å². The molecule has 0 aliphatic rings. The Kier molecular flexibility index (Phi) is 9.60. The van der Waals surface area contributed by atoms with Gasteiger partial charge in [0.05, 0.1) is 0 Å². The lowest BCUT2D eigenvalue weighted by Crippen LogP contribution is -2.02. The normalized spacial score (nSPS) is 12.8. The van der Waals surface area contributed by atoms with Crippen LogP contribution in [0.3, 0.4) is 0 Å². The number of hydrogen-bond donors (Lipinski definition) is 0. The zero-order chi connectivity index (χ0) is 26.0. The third-order valence-electron chi connectivity index (χ3n) is 7.26. The summed E-state index contributed by atoms with van der Waals surface area (Å²) >= 11 is 0. The summed E-state index contributed by atoms with van der Waals surface area (Å²) in [6.45, 7) is 9.14. The topological polar surface area (TPSA) is 9.23 Å². The summed E-state index contributed by atoms with van der Waals surface area (Å²) in [4.78, 5) is 0. The van der Waals surface area contributed by atoms with Crippen molar-refractivity contribution in [2.24, 2.45) is 0 Å². The predicted octanol–water partition coefficient (Wildman–Crippen LogP) is 10.1. The van der Waals surface area contributed by atoms with Crippen molar-refractivity contribution in [3.05, 3.63) is 130 Å². The Hall–Kier alpha value is -3.32. The van der Waals surface area contributed by atoms with Gasteiger partial charge in [-0.15, -0.1) is 0 Å². The molecule has 2 unspecified atom stereocenters. The fourth-order valence-electron chi connectivity index (χ4n) is 5.20. The van der Waals surface area contributed by atoms with Gasteiger partial charge in [-0.3, -0.25) is 0 Å². The maximum atomic E-state index is 6.12. The van der Waals surface area contributed by atoms with Gasteiger partial charge in [0.15, 0.2) is 0 Å². The molecular formula is C36H42O. The molecule has 4 rings (SSSR count). The Bertz CT molecular complexity index is 1250. The van der Waals surface area contributed by atoms with Gasteiger partial charge in [0, 0.05) is 0 Å². The van der Waals surface area contributed by atoms with Gasteiger partial charge in [0.2, 0.25) is 0 Å². The second-order valence-corrected chi connectivity index (χ2v) is 10.6. The van der Waals surface area contributed by atoms with Crippen molar-refractivity contribution in [3.8, 4) is 11.5 Å². The Labute approximate surface area is 224 Å². The summed E-state index contributed by atoms with van der Waals surface area (Å²) in [6, 6.07) is 35.4. The van der Waals surface area contributed by atoms with Gasteiger partial charge >= 0.3 is 0 Å². The second-order valence-electron chi connectivity index (χ2n) is 10.6. The lowest BCUT2D eigenvalue weighted by Gasteiger charge is -2.17. The van der Waals surface area contributed by atoms with Crippen LogP contribution in [0.4, 0.5) is 0 Å². The molecule has 0 aliphatic heterocycles. The van der Waals surface area contributed by atoms with Crippen LogP contribution in [0, 0.1) is 0 Å². The molecule has 0 amide bonds. The van der Waals surface area contributed by atoms with E-state index in [9.17, 15) is 0 Å². The van der Waals surface area contributed by atoms with Crippen LogP contribution in [-0.2, 0) is 25.7 Å². The predicted molar refractivity (Wildman–Crippen MR) is 158 cm³/mol. The zero-order valence-corrected chi connectivity index (χ0v) is 23.0. The van der Waals surface area contributed by atoms with Crippen molar-refractivity contribution >= 4 is 0 Å². The fourth-order valence-corrected chi connectivity index (χ4v) is 5.20. The Morgan fingerprint density at radius 1 is 0.514 bits per heavy atom. The van der Waals surface area contributed by atoms with Crippen molar-refractivity contribution in [1.29, 1.82) is 0 Å². The van der Waals surface area contributed by atoms with Crippen LogP contribution in [0.1, 0.15) is 85.8 Å². The standard InChI is InChI=1S/C36H42O/c1-5-10-29-12-7-15-33(24-29)28(4)23-32-14-8-16-34(25-32)27(3)22-31-18-20-35(21-19-31)37-36-17-9-13-30(26-36)11-6-2/h7-9,12-21,24-28H,5-6,10-11,22-23H2,1-4H3. The average Bonchev–Trinajstić information content (AvgIpc) is 2.91. The number of rotatable bonds is 12. The largest absolute Gasteiger partial charge is 0.457 e. The van der Waals surface area contributed by atoms with Crippen molar-refractivity contribution in [2.45, 2.75) is 78.1 Å². The molecule has 0 aromatic heterocycles. The van der Waals surface area contributed by atoms with E-state index in [2.05, 4.69) is 119 Å². The van der Waals surface area contributed by atoms with Crippen LogP contribution in [0.15, 0.2) is 97.1 Å². The van der Waals surface area contributed by atoms with Crippen LogP contribution >= 0.6 is 0 Å². The maximum absolute atomic E-state index is 6.12. The minimum Gasteiger partial charge on any atom is -0.457 e. The molecule has 2 atom stereocenters.